The summed E-state index contributed by atoms with van der Waals surface area (Å²) in [7, 11) is -1.85. The molecule has 1 aromatic heterocycles. The maximum atomic E-state index is 12.0. The molecule has 1 aromatic rings. The second-order valence-corrected chi connectivity index (χ2v) is 6.74. The third-order valence-electron chi connectivity index (χ3n) is 3.80. The average molecular weight is 356 g/mol. The minimum absolute atomic E-state index is 0.0735. The summed E-state index contributed by atoms with van der Waals surface area (Å²) in [6.07, 6.45) is 1.00. The molecule has 1 aliphatic rings. The summed E-state index contributed by atoms with van der Waals surface area (Å²) >= 11 is 0. The van der Waals surface area contributed by atoms with E-state index < -0.39 is 31.6 Å². The largest absolute Gasteiger partial charge is 0.508 e. The van der Waals surface area contributed by atoms with Crippen molar-refractivity contribution in [3.05, 3.63) is 43.0 Å². The Balaban J connectivity index is 2.23. The first-order chi connectivity index (χ1) is 11.5. The lowest BCUT2D eigenvalue weighted by atomic mass is 10.0. The number of ether oxygens (including phenoxy) is 1. The lowest BCUT2D eigenvalue weighted by Crippen LogP contribution is -2.33. The first-order valence-corrected chi connectivity index (χ1v) is 8.88. The number of hydrogen-bond acceptors (Lipinski definition) is 6. The topological polar surface area (TPSA) is 139 Å². The predicted octanol–water partition coefficient (Wildman–Crippen LogP) is 1.84. The molecule has 2 heterocycles. The zero-order chi connectivity index (χ0) is 17.7. The molecule has 11 heteroatoms. The van der Waals surface area contributed by atoms with Gasteiger partial charge in [0.2, 0.25) is 0 Å². The second kappa shape index (κ2) is 8.21. The summed E-state index contributed by atoms with van der Waals surface area (Å²) in [4.78, 5) is 28.4. The number of nitrogens with one attached hydrogen (secondary N) is 1. The number of aryl methyl sites for hydroxylation is 1. The van der Waals surface area contributed by atoms with Crippen LogP contribution in [0.1, 0.15) is 25.1 Å². The zero-order valence-electron chi connectivity index (χ0n) is 13.4. The molecule has 1 saturated heterocycles. The van der Waals surface area contributed by atoms with Crippen LogP contribution in [0, 0.1) is 12.8 Å². The average Bonchev–Trinajstić information content (AvgIpc) is 2.91. The van der Waals surface area contributed by atoms with Crippen molar-refractivity contribution in [3.8, 4) is 0 Å². The van der Waals surface area contributed by atoms with Gasteiger partial charge in [-0.15, -0.1) is 4.52 Å². The highest BCUT2D eigenvalue weighted by Crippen LogP contribution is 2.38. The molecule has 0 amide bonds. The summed E-state index contributed by atoms with van der Waals surface area (Å²) in [6.45, 7) is 3.75. The summed E-state index contributed by atoms with van der Waals surface area (Å²) in [5.41, 5.74) is 7.86. The molecule has 0 radical (unpaired) electrons. The molecule has 24 heavy (non-hydrogen) atoms. The summed E-state index contributed by atoms with van der Waals surface area (Å²) in [6, 6.07) is 0. The fraction of sp³-hybridized carbons (Fsp3) is 0.692. The van der Waals surface area contributed by atoms with E-state index in [1.807, 2.05) is 0 Å². The molecule has 10 nitrogen and oxygen atoms in total. The molecule has 1 aliphatic heterocycles. The normalized spacial score (nSPS) is 23.8. The number of H-pyrrole nitrogens is 1. The van der Waals surface area contributed by atoms with Gasteiger partial charge in [-0.05, 0) is 23.9 Å². The van der Waals surface area contributed by atoms with Gasteiger partial charge in [0.05, 0.1) is 19.3 Å². The van der Waals surface area contributed by atoms with E-state index in [1.54, 1.807) is 13.8 Å². The Hall–Kier alpha value is -1.99. The van der Waals surface area contributed by atoms with E-state index in [9.17, 15) is 14.2 Å². The smallest absolute Gasteiger partial charge is 0.354 e. The molecule has 0 aromatic carbocycles. The molecule has 1 N–H and O–H groups in total. The molecule has 1 fully saturated rings. The molecule has 4 atom stereocenters. The van der Waals surface area contributed by atoms with E-state index >= 15 is 0 Å². The van der Waals surface area contributed by atoms with Crippen molar-refractivity contribution in [1.29, 1.82) is 0 Å². The third-order valence-corrected chi connectivity index (χ3v) is 5.11. The van der Waals surface area contributed by atoms with Gasteiger partial charge in [0.1, 0.15) is 6.23 Å². The van der Waals surface area contributed by atoms with Gasteiger partial charge in [-0.3, -0.25) is 14.3 Å². The van der Waals surface area contributed by atoms with E-state index in [2.05, 4.69) is 15.0 Å². The van der Waals surface area contributed by atoms with Gasteiger partial charge >= 0.3 is 13.7 Å². The SMILES string of the molecule is CCO[P+](=O)C[C@H]1C[C@H](n2cc(C)c(=O)[nH]c2=O)O[C@@H]1CN=[N+]=[N-]. The van der Waals surface area contributed by atoms with Gasteiger partial charge in [0.15, 0.2) is 6.16 Å². The highest BCUT2D eigenvalue weighted by Gasteiger charge is 2.41. The van der Waals surface area contributed by atoms with Crippen LogP contribution < -0.4 is 11.2 Å². The lowest BCUT2D eigenvalue weighted by Gasteiger charge is -2.15. The Kier molecular flexibility index (Phi) is 6.28. The van der Waals surface area contributed by atoms with Gasteiger partial charge in [0.25, 0.3) is 5.56 Å². The molecular weight excluding hydrogens is 337 g/mol. The first-order valence-electron chi connectivity index (χ1n) is 7.52. The van der Waals surface area contributed by atoms with Crippen molar-refractivity contribution in [2.24, 2.45) is 11.0 Å². The Morgan fingerprint density at radius 2 is 2.33 bits per heavy atom. The van der Waals surface area contributed by atoms with E-state index in [0.29, 0.717) is 18.6 Å². The first kappa shape index (κ1) is 18.4. The van der Waals surface area contributed by atoms with Crippen LogP contribution in [0.4, 0.5) is 0 Å². The Bertz CT molecular complexity index is 769. The van der Waals surface area contributed by atoms with Crippen molar-refractivity contribution in [2.75, 3.05) is 19.3 Å². The lowest BCUT2D eigenvalue weighted by molar-refractivity contribution is -0.00151. The van der Waals surface area contributed by atoms with Crippen molar-refractivity contribution in [2.45, 2.75) is 32.6 Å². The summed E-state index contributed by atoms with van der Waals surface area (Å²) in [5.74, 6) is -0.185. The molecule has 0 saturated carbocycles. The number of aromatic amines is 1. The minimum Gasteiger partial charge on any atom is -0.354 e. The minimum atomic E-state index is -1.85. The number of rotatable bonds is 7. The quantitative estimate of drug-likeness (QED) is 0.344. The van der Waals surface area contributed by atoms with Crippen LogP contribution in [0.2, 0.25) is 0 Å². The molecule has 130 valence electrons. The van der Waals surface area contributed by atoms with Crippen LogP contribution in [-0.2, 0) is 13.8 Å². The Morgan fingerprint density at radius 1 is 1.58 bits per heavy atom. The number of hydrogen-bond donors (Lipinski definition) is 1. The van der Waals surface area contributed by atoms with E-state index in [-0.39, 0.29) is 18.6 Å². The highest BCUT2D eigenvalue weighted by atomic mass is 31.1. The van der Waals surface area contributed by atoms with Crippen LogP contribution >= 0.6 is 8.03 Å². The van der Waals surface area contributed by atoms with Gasteiger partial charge in [-0.2, -0.15) is 0 Å². The van der Waals surface area contributed by atoms with Gasteiger partial charge < -0.3 is 4.74 Å². The standard InChI is InChI=1S/C13H18N5O5P/c1-3-22-24(21)7-9-4-11(23-10(9)5-15-17-14)18-6-8(2)12(19)16-13(18)20/h6,9-11H,3-5,7H2,1-2H3/p+1/t9-,10-,11-/m1/s1. The number of aromatic nitrogens is 2. The van der Waals surface area contributed by atoms with Crippen molar-refractivity contribution < 1.29 is 13.8 Å². The molecular formula is C13H19N5O5P+. The van der Waals surface area contributed by atoms with Crippen molar-refractivity contribution in [3.63, 3.8) is 0 Å². The number of azide groups is 1. The van der Waals surface area contributed by atoms with Crippen molar-refractivity contribution >= 4 is 8.03 Å². The second-order valence-electron chi connectivity index (χ2n) is 5.45. The predicted molar refractivity (Wildman–Crippen MR) is 86.2 cm³/mol. The van der Waals surface area contributed by atoms with Gasteiger partial charge in [0, 0.05) is 29.0 Å². The van der Waals surface area contributed by atoms with E-state index in [4.69, 9.17) is 14.8 Å². The van der Waals surface area contributed by atoms with Crippen LogP contribution in [0.5, 0.6) is 0 Å². The highest BCUT2D eigenvalue weighted by molar-refractivity contribution is 7.39. The van der Waals surface area contributed by atoms with Crippen LogP contribution in [0.15, 0.2) is 20.9 Å². The van der Waals surface area contributed by atoms with Crippen LogP contribution in [0.3, 0.4) is 0 Å². The molecule has 0 bridgehead atoms. The Morgan fingerprint density at radius 3 is 3.00 bits per heavy atom. The molecule has 2 rings (SSSR count). The molecule has 0 aliphatic carbocycles. The maximum Gasteiger partial charge on any atom is 0.508 e. The third kappa shape index (κ3) is 4.30. The van der Waals surface area contributed by atoms with E-state index in [1.165, 1.54) is 10.8 Å². The summed E-state index contributed by atoms with van der Waals surface area (Å²) in [5, 5.41) is 3.51. The van der Waals surface area contributed by atoms with Gasteiger partial charge in [-0.1, -0.05) is 5.11 Å². The Labute approximate surface area is 138 Å². The van der Waals surface area contributed by atoms with Crippen LogP contribution in [0.25, 0.3) is 10.4 Å². The zero-order valence-corrected chi connectivity index (χ0v) is 14.3. The summed E-state index contributed by atoms with van der Waals surface area (Å²) < 4.78 is 24.1. The molecule has 1 unspecified atom stereocenters. The fourth-order valence-electron chi connectivity index (χ4n) is 2.65. The van der Waals surface area contributed by atoms with E-state index in [0.717, 1.165) is 0 Å². The monoisotopic (exact) mass is 356 g/mol. The maximum absolute atomic E-state index is 12.0. The number of nitrogens with zero attached hydrogens (tertiary/aromatic N) is 4. The van der Waals surface area contributed by atoms with Crippen LogP contribution in [-0.4, -0.2) is 35.0 Å². The fourth-order valence-corrected chi connectivity index (χ4v) is 3.81. The van der Waals surface area contributed by atoms with Crippen molar-refractivity contribution in [1.82, 2.24) is 9.55 Å². The van der Waals surface area contributed by atoms with Gasteiger partial charge in [-0.25, -0.2) is 4.79 Å². The molecule has 0 spiro atoms.